The van der Waals surface area contributed by atoms with Crippen LogP contribution in [0.3, 0.4) is 0 Å². The molecule has 2 N–H and O–H groups in total. The molecule has 2 aliphatic rings. The van der Waals surface area contributed by atoms with Gasteiger partial charge in [-0.05, 0) is 60.9 Å². The summed E-state index contributed by atoms with van der Waals surface area (Å²) in [6.07, 6.45) is 1.76. The van der Waals surface area contributed by atoms with Crippen molar-refractivity contribution in [3.63, 3.8) is 0 Å². The standard InChI is InChI=1S/C23H23N5/c1-14-8-19-17(9-20(14)25)12-28-15(2)11-27(13-22(19)28)21-6-5-16(10-24)23-18(21)4-3-7-26-23/h3-9,15,22H,11-13,25H2,1-2H3. The van der Waals surface area contributed by atoms with Crippen molar-refractivity contribution in [2.24, 2.45) is 0 Å². The van der Waals surface area contributed by atoms with Crippen LogP contribution >= 0.6 is 0 Å². The molecule has 0 aliphatic carbocycles. The van der Waals surface area contributed by atoms with Crippen molar-refractivity contribution in [2.45, 2.75) is 32.5 Å². The van der Waals surface area contributed by atoms with Crippen molar-refractivity contribution in [2.75, 3.05) is 23.7 Å². The number of rotatable bonds is 1. The number of nitrogen functional groups attached to an aromatic ring is 1. The monoisotopic (exact) mass is 369 g/mol. The smallest absolute Gasteiger partial charge is 0.101 e. The predicted molar refractivity (Wildman–Crippen MR) is 112 cm³/mol. The number of hydrogen-bond donors (Lipinski definition) is 1. The molecule has 0 bridgehead atoms. The number of nitrogens with two attached hydrogens (primary N) is 1. The molecule has 2 unspecified atom stereocenters. The highest BCUT2D eigenvalue weighted by molar-refractivity contribution is 5.95. The van der Waals surface area contributed by atoms with Crippen LogP contribution in [0.1, 0.15) is 35.2 Å². The first-order valence-corrected chi connectivity index (χ1v) is 9.74. The minimum Gasteiger partial charge on any atom is -0.399 e. The number of benzene rings is 2. The Morgan fingerprint density at radius 1 is 1.21 bits per heavy atom. The van der Waals surface area contributed by atoms with E-state index in [-0.39, 0.29) is 0 Å². The largest absolute Gasteiger partial charge is 0.399 e. The summed E-state index contributed by atoms with van der Waals surface area (Å²) in [6, 6.07) is 15.5. The lowest BCUT2D eigenvalue weighted by Gasteiger charge is -2.44. The van der Waals surface area contributed by atoms with Gasteiger partial charge >= 0.3 is 0 Å². The molecule has 2 atom stereocenters. The number of aromatic nitrogens is 1. The number of nitrogens with zero attached hydrogens (tertiary/aromatic N) is 4. The van der Waals surface area contributed by atoms with Crippen LogP contribution in [0.2, 0.25) is 0 Å². The number of pyridine rings is 1. The third-order valence-electron chi connectivity index (χ3n) is 6.29. The molecule has 0 saturated carbocycles. The van der Waals surface area contributed by atoms with Crippen molar-refractivity contribution < 1.29 is 0 Å². The van der Waals surface area contributed by atoms with Crippen molar-refractivity contribution in [1.82, 2.24) is 9.88 Å². The average Bonchev–Trinajstić information content (AvgIpc) is 3.05. The van der Waals surface area contributed by atoms with Gasteiger partial charge in [0.05, 0.1) is 17.1 Å². The van der Waals surface area contributed by atoms with Crippen molar-refractivity contribution in [3.05, 3.63) is 64.8 Å². The summed E-state index contributed by atoms with van der Waals surface area (Å²) >= 11 is 0. The Bertz CT molecular complexity index is 1130. The molecule has 28 heavy (non-hydrogen) atoms. The van der Waals surface area contributed by atoms with E-state index < -0.39 is 0 Å². The van der Waals surface area contributed by atoms with E-state index in [1.165, 1.54) is 11.1 Å². The number of fused-ring (bicyclic) bond motifs is 4. The van der Waals surface area contributed by atoms with Crippen molar-refractivity contribution in [1.29, 1.82) is 5.26 Å². The van der Waals surface area contributed by atoms with E-state index in [1.807, 2.05) is 12.1 Å². The number of nitriles is 1. The Morgan fingerprint density at radius 2 is 2.07 bits per heavy atom. The Kier molecular flexibility index (Phi) is 3.78. The van der Waals surface area contributed by atoms with Crippen LogP contribution in [0, 0.1) is 18.3 Å². The molecular formula is C23H23N5. The first-order chi connectivity index (χ1) is 13.6. The molecule has 140 valence electrons. The van der Waals surface area contributed by atoms with E-state index in [0.29, 0.717) is 17.6 Å². The van der Waals surface area contributed by atoms with Crippen molar-refractivity contribution in [3.8, 4) is 6.07 Å². The predicted octanol–water partition coefficient (Wildman–Crippen LogP) is 3.76. The first-order valence-electron chi connectivity index (χ1n) is 9.74. The molecule has 2 aliphatic heterocycles. The Labute approximate surface area is 165 Å². The molecule has 5 heteroatoms. The molecule has 2 aromatic carbocycles. The van der Waals surface area contributed by atoms with Gasteiger partial charge < -0.3 is 10.6 Å². The molecule has 5 rings (SSSR count). The zero-order valence-electron chi connectivity index (χ0n) is 16.2. The summed E-state index contributed by atoms with van der Waals surface area (Å²) in [5.74, 6) is 0. The zero-order valence-corrected chi connectivity index (χ0v) is 16.2. The lowest BCUT2D eigenvalue weighted by Crippen LogP contribution is -2.51. The normalized spacial score (nSPS) is 21.4. The topological polar surface area (TPSA) is 69.2 Å². The first kappa shape index (κ1) is 17.0. The summed E-state index contributed by atoms with van der Waals surface area (Å²) in [5.41, 5.74) is 13.5. The van der Waals surface area contributed by atoms with Gasteiger partial charge in [-0.3, -0.25) is 9.88 Å². The quantitative estimate of drug-likeness (QED) is 0.662. The number of piperazine rings is 1. The molecule has 1 saturated heterocycles. The number of hydrogen-bond acceptors (Lipinski definition) is 5. The third kappa shape index (κ3) is 2.45. The van der Waals surface area contributed by atoms with E-state index in [0.717, 1.165) is 47.5 Å². The van der Waals surface area contributed by atoms with Gasteiger partial charge in [0.1, 0.15) is 6.07 Å². The van der Waals surface area contributed by atoms with Crippen molar-refractivity contribution >= 4 is 22.3 Å². The molecule has 1 aromatic heterocycles. The highest BCUT2D eigenvalue weighted by atomic mass is 15.3. The molecule has 3 heterocycles. The molecule has 1 fully saturated rings. The number of anilines is 2. The van der Waals surface area contributed by atoms with Crippen LogP contribution in [0.15, 0.2) is 42.6 Å². The molecule has 0 spiro atoms. The second kappa shape index (κ2) is 6.22. The number of aryl methyl sites for hydroxylation is 1. The highest BCUT2D eigenvalue weighted by Gasteiger charge is 2.39. The van der Waals surface area contributed by atoms with Crippen LogP contribution in [-0.2, 0) is 6.54 Å². The van der Waals surface area contributed by atoms with E-state index in [2.05, 4.69) is 59.0 Å². The maximum atomic E-state index is 9.44. The average molecular weight is 369 g/mol. The Hall–Kier alpha value is -3.10. The van der Waals surface area contributed by atoms with E-state index >= 15 is 0 Å². The third-order valence-corrected chi connectivity index (χ3v) is 6.29. The maximum Gasteiger partial charge on any atom is 0.101 e. The van der Waals surface area contributed by atoms with Gasteiger partial charge in [-0.1, -0.05) is 6.07 Å². The summed E-state index contributed by atoms with van der Waals surface area (Å²) in [4.78, 5) is 9.52. The lowest BCUT2D eigenvalue weighted by atomic mass is 9.98. The Balaban J connectivity index is 1.58. The molecule has 0 radical (unpaired) electrons. The molecule has 0 amide bonds. The van der Waals surface area contributed by atoms with Gasteiger partial charge in [0.2, 0.25) is 0 Å². The highest BCUT2D eigenvalue weighted by Crippen LogP contribution is 2.42. The fraction of sp³-hybridized carbons (Fsp3) is 0.304. The van der Waals surface area contributed by atoms with Crippen LogP contribution in [-0.4, -0.2) is 29.0 Å². The van der Waals surface area contributed by atoms with E-state index in [9.17, 15) is 5.26 Å². The van der Waals surface area contributed by atoms with Crippen LogP contribution in [0.4, 0.5) is 11.4 Å². The van der Waals surface area contributed by atoms with Gasteiger partial charge in [-0.25, -0.2) is 0 Å². The fourth-order valence-electron chi connectivity index (χ4n) is 4.82. The van der Waals surface area contributed by atoms with Crippen LogP contribution in [0.5, 0.6) is 0 Å². The summed E-state index contributed by atoms with van der Waals surface area (Å²) in [6.45, 7) is 7.23. The lowest BCUT2D eigenvalue weighted by molar-refractivity contribution is 0.134. The maximum absolute atomic E-state index is 9.44. The van der Waals surface area contributed by atoms with E-state index in [1.54, 1.807) is 6.20 Å². The fourth-order valence-corrected chi connectivity index (χ4v) is 4.82. The molecule has 3 aromatic rings. The summed E-state index contributed by atoms with van der Waals surface area (Å²) < 4.78 is 0. The van der Waals surface area contributed by atoms with Crippen LogP contribution < -0.4 is 10.6 Å². The summed E-state index contributed by atoms with van der Waals surface area (Å²) in [5, 5.41) is 10.5. The van der Waals surface area contributed by atoms with Gasteiger partial charge in [0.15, 0.2) is 0 Å². The summed E-state index contributed by atoms with van der Waals surface area (Å²) in [7, 11) is 0. The molecule has 5 nitrogen and oxygen atoms in total. The van der Waals surface area contributed by atoms with Gasteiger partial charge in [-0.15, -0.1) is 0 Å². The van der Waals surface area contributed by atoms with E-state index in [4.69, 9.17) is 5.73 Å². The zero-order chi connectivity index (χ0) is 19.4. The second-order valence-corrected chi connectivity index (χ2v) is 7.99. The SMILES string of the molecule is Cc1cc2c(cc1N)CN1C(C)CN(c3ccc(C#N)c4ncccc34)CC21. The minimum atomic E-state index is 0.361. The molecular weight excluding hydrogens is 346 g/mol. The Morgan fingerprint density at radius 3 is 2.89 bits per heavy atom. The van der Waals surface area contributed by atoms with Gasteiger partial charge in [0.25, 0.3) is 0 Å². The second-order valence-electron chi connectivity index (χ2n) is 7.99. The van der Waals surface area contributed by atoms with Gasteiger partial charge in [-0.2, -0.15) is 5.26 Å². The minimum absolute atomic E-state index is 0.361. The van der Waals surface area contributed by atoms with Crippen LogP contribution in [0.25, 0.3) is 10.9 Å². The van der Waals surface area contributed by atoms with Gasteiger partial charge in [0, 0.05) is 48.6 Å².